The van der Waals surface area contributed by atoms with E-state index in [1.165, 1.54) is 89.2 Å². The van der Waals surface area contributed by atoms with Crippen molar-refractivity contribution in [2.45, 2.75) is 73.1 Å². The second-order valence-electron chi connectivity index (χ2n) is 21.5. The predicted octanol–water partition coefficient (Wildman–Crippen LogP) is 16.9. The monoisotopic (exact) mass is 1200 g/mol. The largest absolute Gasteiger partial charge is 4.00 e. The Morgan fingerprint density at radius 1 is 0.590 bits per heavy atom. The van der Waals surface area contributed by atoms with Gasteiger partial charge in [-0.3, -0.25) is 0 Å². The number of fused-ring (bicyclic) bond motifs is 1. The number of rotatable bonds is 11. The summed E-state index contributed by atoms with van der Waals surface area (Å²) in [7, 11) is 0. The number of hydrogen-bond donors (Lipinski definition) is 1. The number of para-hydroxylation sites is 5. The van der Waals surface area contributed by atoms with Crippen LogP contribution in [-0.2, 0) is 21.1 Å². The molecule has 0 aliphatic carbocycles. The van der Waals surface area contributed by atoms with E-state index in [1.54, 1.807) is 18.8 Å². The second kappa shape index (κ2) is 21.3. The molecule has 4 heterocycles. The Morgan fingerprint density at radius 3 is 1.69 bits per heavy atom. The Labute approximate surface area is 486 Å². The van der Waals surface area contributed by atoms with Gasteiger partial charge in [-0.1, -0.05) is 156 Å². The molecule has 4 aliphatic heterocycles. The zero-order valence-corrected chi connectivity index (χ0v) is 47.6. The van der Waals surface area contributed by atoms with Crippen molar-refractivity contribution >= 4 is 97.0 Å². The van der Waals surface area contributed by atoms with Crippen LogP contribution in [0.15, 0.2) is 182 Å². The summed E-state index contributed by atoms with van der Waals surface area (Å²) < 4.78 is 49.6. The molecule has 4 aliphatic rings. The topological polar surface area (TPSA) is 42.3 Å². The third-order valence-electron chi connectivity index (χ3n) is 15.4. The van der Waals surface area contributed by atoms with E-state index in [0.29, 0.717) is 34.4 Å². The van der Waals surface area contributed by atoms with E-state index in [2.05, 4.69) is 191 Å². The van der Waals surface area contributed by atoms with Crippen LogP contribution in [0.3, 0.4) is 0 Å². The zero-order chi connectivity index (χ0) is 58.2. The molecule has 0 fully saturated rings. The van der Waals surface area contributed by atoms with Gasteiger partial charge in [-0.2, -0.15) is 13.3 Å². The molecule has 13 rings (SSSR count). The molecule has 0 atom stereocenters. The van der Waals surface area contributed by atoms with Gasteiger partial charge in [-0.05, 0) is 151 Å². The Morgan fingerprint density at radius 2 is 1.14 bits per heavy atom. The van der Waals surface area contributed by atoms with Crippen LogP contribution in [-0.4, -0.2) is 20.7 Å². The van der Waals surface area contributed by atoms with Gasteiger partial charge in [0.15, 0.2) is 0 Å². The minimum atomic E-state index is -2.45. The van der Waals surface area contributed by atoms with Crippen molar-refractivity contribution in [3.8, 4) is 11.1 Å². The molecule has 0 amide bonds. The van der Waals surface area contributed by atoms with Crippen LogP contribution in [0.2, 0.25) is 0 Å². The molecule has 0 aromatic heterocycles. The van der Waals surface area contributed by atoms with Crippen LogP contribution in [0.4, 0.5) is 73.9 Å². The number of hydrogen-bond acceptors (Lipinski definition) is 6. The molecule has 9 heteroatoms. The van der Waals surface area contributed by atoms with E-state index in [4.69, 9.17) is 13.5 Å². The standard InChI is InChI=1S/C38H45N4.C31H21BN3.Pt/c1-25(2)29-20-33(26(3)4)38(34(21-29)27(5)6)30-18-31(39-23-40(8)35-15-11-10-14-28(35)7)22-32(19-30)42-24-41(9)36-16-12-13-17-37(36)42;1-20-18-27-31-28(19-20)35(22-12-6-3-7-13-22)26-17-9-15-24-30(26)32(31)29-23(33-24)14-8-16-25(29)34(27)21-10-4-2-5-11-21;/h10-21,23-27,39H,1-9H3;2-19H,1H3;/q-3;-1;+4/i8D3,9D3;;. The number of nitrogens with one attached hydrogen (secondary N) is 1. The first kappa shape index (κ1) is 45.4. The molecule has 9 aromatic rings. The summed E-state index contributed by atoms with van der Waals surface area (Å²) in [4.78, 5) is 9.25. The molecule has 78 heavy (non-hydrogen) atoms. The Balaban J connectivity index is 0.000000180. The smallest absolute Gasteiger partial charge is 0.659 e. The number of nitrogens with zero attached hydrogens (tertiary/aromatic N) is 6. The van der Waals surface area contributed by atoms with E-state index < -0.39 is 14.0 Å². The number of anilines is 11. The van der Waals surface area contributed by atoms with Gasteiger partial charge >= 0.3 is 21.1 Å². The molecule has 0 bridgehead atoms. The molecule has 7 nitrogen and oxygen atoms in total. The van der Waals surface area contributed by atoms with Gasteiger partial charge in [0.1, 0.15) is 0 Å². The van der Waals surface area contributed by atoms with E-state index in [1.807, 2.05) is 60.4 Å². The van der Waals surface area contributed by atoms with Gasteiger partial charge in [0, 0.05) is 59.4 Å². The molecule has 0 saturated heterocycles. The summed E-state index contributed by atoms with van der Waals surface area (Å²) >= 11 is 0. The van der Waals surface area contributed by atoms with Crippen LogP contribution in [0, 0.1) is 33.3 Å². The van der Waals surface area contributed by atoms with Crippen LogP contribution >= 0.6 is 0 Å². The third-order valence-corrected chi connectivity index (χ3v) is 15.4. The molecule has 1 N–H and O–H groups in total. The second-order valence-corrected chi connectivity index (χ2v) is 21.5. The quantitative estimate of drug-likeness (QED) is 0.103. The molecule has 0 radical (unpaired) electrons. The SMILES string of the molecule is Cc1cc2c3c(c1)N(c1ccccc1)c1cccc4c1B3c1c(cccc1N2c1ccccc1)[N-]4.[2H]C([2H])([2H])N([CH-]Nc1[c-]c(N2[CH-]N(C([2H])([2H])[2H])c3ccccc32)cc(-c2c(C(C)C)cc(C(C)C)cc2C(C)C)c1)c1ccccc1C.[Pt+4]. The van der Waals surface area contributed by atoms with Crippen molar-refractivity contribution < 1.29 is 29.3 Å². The van der Waals surface area contributed by atoms with E-state index >= 15 is 0 Å². The Bertz CT molecular complexity index is 3780. The van der Waals surface area contributed by atoms with Gasteiger partial charge < -0.3 is 35.1 Å². The third kappa shape index (κ3) is 9.22. The summed E-state index contributed by atoms with van der Waals surface area (Å²) in [5.74, 6) is 0.808. The molecular weight excluding hydrogens is 1130 g/mol. The van der Waals surface area contributed by atoms with Crippen molar-refractivity contribution in [2.75, 3.05) is 43.8 Å². The van der Waals surface area contributed by atoms with Gasteiger partial charge in [0.2, 0.25) is 6.71 Å². The maximum atomic E-state index is 8.32. The van der Waals surface area contributed by atoms with Crippen LogP contribution in [0.25, 0.3) is 16.4 Å². The zero-order valence-electron chi connectivity index (χ0n) is 51.3. The van der Waals surface area contributed by atoms with Gasteiger partial charge in [-0.25, -0.2) is 0 Å². The van der Waals surface area contributed by atoms with Crippen LogP contribution in [0.5, 0.6) is 0 Å². The Kier molecular flexibility index (Phi) is 12.4. The number of aryl methyl sites for hydroxylation is 2. The van der Waals surface area contributed by atoms with E-state index in [0.717, 1.165) is 28.1 Å². The van der Waals surface area contributed by atoms with Crippen molar-refractivity contribution in [3.63, 3.8) is 0 Å². The summed E-state index contributed by atoms with van der Waals surface area (Å²) in [6.07, 6.45) is 0. The summed E-state index contributed by atoms with van der Waals surface area (Å²) in [5.41, 5.74) is 24.3. The van der Waals surface area contributed by atoms with Crippen molar-refractivity contribution in [1.29, 1.82) is 0 Å². The van der Waals surface area contributed by atoms with Gasteiger partial charge in [0.05, 0.1) is 0 Å². The summed E-state index contributed by atoms with van der Waals surface area (Å²) in [6, 6.07) is 66.1. The van der Waals surface area contributed by atoms with Crippen molar-refractivity contribution in [3.05, 3.63) is 235 Å². The van der Waals surface area contributed by atoms with Crippen molar-refractivity contribution in [1.82, 2.24) is 0 Å². The predicted molar refractivity (Wildman–Crippen MR) is 330 cm³/mol. The van der Waals surface area contributed by atoms with E-state index in [-0.39, 0.29) is 39.6 Å². The average Bonchev–Trinajstić information content (AvgIpc) is 0.867. The first-order valence-electron chi connectivity index (χ1n) is 29.8. The first-order chi connectivity index (χ1) is 39.8. The molecule has 0 unspecified atom stereocenters. The average molecular weight is 1210 g/mol. The maximum Gasteiger partial charge on any atom is 4.00 e. The van der Waals surface area contributed by atoms with Crippen molar-refractivity contribution in [2.24, 2.45) is 0 Å². The fourth-order valence-electron chi connectivity index (χ4n) is 11.8. The summed E-state index contributed by atoms with van der Waals surface area (Å²) in [6.45, 7) is 15.7. The van der Waals surface area contributed by atoms with Gasteiger partial charge in [0.25, 0.3) is 0 Å². The summed E-state index contributed by atoms with van der Waals surface area (Å²) in [5, 5.41) is 8.45. The molecule has 9 aromatic carbocycles. The van der Waals surface area contributed by atoms with Gasteiger partial charge in [-0.15, -0.1) is 46.5 Å². The molecule has 0 saturated carbocycles. The first-order valence-corrected chi connectivity index (χ1v) is 26.8. The normalized spacial score (nSPS) is 14.7. The van der Waals surface area contributed by atoms with Crippen LogP contribution < -0.4 is 46.2 Å². The Hall–Kier alpha value is -7.67. The molecular formula is C69H66BN7Pt. The maximum absolute atomic E-state index is 8.32. The fraction of sp³-hybridized carbons (Fsp3) is 0.188. The minimum absolute atomic E-state index is 0. The van der Waals surface area contributed by atoms with E-state index in [9.17, 15) is 0 Å². The molecule has 0 spiro atoms. The minimum Gasteiger partial charge on any atom is -0.659 e. The number of benzene rings is 9. The fourth-order valence-corrected chi connectivity index (χ4v) is 11.8. The molecule has 390 valence electrons. The van der Waals surface area contributed by atoms with Crippen LogP contribution in [0.1, 0.15) is 95.3 Å².